The zero-order valence-corrected chi connectivity index (χ0v) is 13.1. The Kier molecular flexibility index (Phi) is 5.98. The molecule has 0 radical (unpaired) electrons. The van der Waals surface area contributed by atoms with Crippen LogP contribution in [0.2, 0.25) is 0 Å². The molecule has 118 valence electrons. The van der Waals surface area contributed by atoms with Crippen molar-refractivity contribution in [1.82, 2.24) is 19.9 Å². The molecule has 1 aliphatic rings. The lowest BCUT2D eigenvalue weighted by Crippen LogP contribution is -2.25. The molecule has 0 atom stereocenters. The first-order valence-electron chi connectivity index (χ1n) is 7.69. The highest BCUT2D eigenvalue weighted by molar-refractivity contribution is 5.27. The summed E-state index contributed by atoms with van der Waals surface area (Å²) in [5.41, 5.74) is 0. The average Bonchev–Trinajstić information content (AvgIpc) is 2.91. The topological polar surface area (TPSA) is 72.4 Å². The summed E-state index contributed by atoms with van der Waals surface area (Å²) < 4.78 is 11.2. The Morgan fingerprint density at radius 1 is 1.14 bits per heavy atom. The summed E-state index contributed by atoms with van der Waals surface area (Å²) in [5, 5.41) is 3.06. The van der Waals surface area contributed by atoms with Gasteiger partial charge in [0.15, 0.2) is 0 Å². The van der Waals surface area contributed by atoms with Gasteiger partial charge in [-0.25, -0.2) is 0 Å². The number of nitrogens with zero attached hydrogens (tertiary/aromatic N) is 4. The molecule has 21 heavy (non-hydrogen) atoms. The van der Waals surface area contributed by atoms with Gasteiger partial charge in [-0.05, 0) is 46.7 Å². The van der Waals surface area contributed by atoms with Crippen LogP contribution in [0.4, 0.5) is 5.95 Å². The molecule has 1 fully saturated rings. The van der Waals surface area contributed by atoms with Crippen LogP contribution >= 0.6 is 0 Å². The molecule has 1 N–H and O–H groups in total. The predicted molar refractivity (Wildman–Crippen MR) is 80.9 cm³/mol. The van der Waals surface area contributed by atoms with E-state index in [4.69, 9.17) is 9.47 Å². The molecule has 0 aliphatic carbocycles. The fourth-order valence-corrected chi connectivity index (χ4v) is 2.18. The number of aromatic nitrogens is 3. The van der Waals surface area contributed by atoms with Crippen molar-refractivity contribution in [3.8, 4) is 12.0 Å². The van der Waals surface area contributed by atoms with Gasteiger partial charge in [-0.1, -0.05) is 0 Å². The maximum absolute atomic E-state index is 5.65. The van der Waals surface area contributed by atoms with E-state index in [1.807, 2.05) is 20.8 Å². The molecular weight excluding hydrogens is 270 g/mol. The Bertz CT molecular complexity index is 435. The minimum atomic E-state index is 0.0133. The number of rotatable bonds is 8. The van der Waals surface area contributed by atoms with Crippen molar-refractivity contribution in [3.63, 3.8) is 0 Å². The number of nitrogens with one attached hydrogen (secondary N) is 1. The monoisotopic (exact) mass is 295 g/mol. The van der Waals surface area contributed by atoms with Crippen molar-refractivity contribution in [2.24, 2.45) is 0 Å². The van der Waals surface area contributed by atoms with Crippen molar-refractivity contribution in [2.45, 2.75) is 39.7 Å². The Labute approximate surface area is 126 Å². The van der Waals surface area contributed by atoms with Gasteiger partial charge in [0.05, 0.1) is 6.10 Å². The average molecular weight is 295 g/mol. The van der Waals surface area contributed by atoms with Gasteiger partial charge in [0.25, 0.3) is 0 Å². The fourth-order valence-electron chi connectivity index (χ4n) is 2.18. The van der Waals surface area contributed by atoms with Gasteiger partial charge in [0.2, 0.25) is 5.95 Å². The first-order valence-corrected chi connectivity index (χ1v) is 7.69. The SMILES string of the molecule is CCNc1nc(OCCN2CCCC2)nc(OC(C)C)n1. The van der Waals surface area contributed by atoms with E-state index in [1.165, 1.54) is 12.8 Å². The van der Waals surface area contributed by atoms with Crippen molar-refractivity contribution in [2.75, 3.05) is 38.1 Å². The maximum atomic E-state index is 5.65. The number of likely N-dealkylation sites (tertiary alicyclic amines) is 1. The van der Waals surface area contributed by atoms with E-state index in [-0.39, 0.29) is 6.10 Å². The molecule has 1 aromatic heterocycles. The van der Waals surface area contributed by atoms with Gasteiger partial charge >= 0.3 is 12.0 Å². The number of ether oxygens (including phenoxy) is 2. The van der Waals surface area contributed by atoms with Crippen LogP contribution in [0.25, 0.3) is 0 Å². The standard InChI is InChI=1S/C14H25N5O2/c1-4-15-12-16-13(18-14(17-12)21-11(2)3)20-10-9-19-7-5-6-8-19/h11H,4-10H2,1-3H3,(H,15,16,17,18). The van der Waals surface area contributed by atoms with E-state index in [9.17, 15) is 0 Å². The molecule has 0 unspecified atom stereocenters. The van der Waals surface area contributed by atoms with E-state index in [1.54, 1.807) is 0 Å². The second-order valence-electron chi connectivity index (χ2n) is 5.32. The highest BCUT2D eigenvalue weighted by Gasteiger charge is 2.13. The summed E-state index contributed by atoms with van der Waals surface area (Å²) in [6.45, 7) is 10.4. The molecule has 0 saturated carbocycles. The molecule has 0 spiro atoms. The molecule has 7 nitrogen and oxygen atoms in total. The third-order valence-corrected chi connectivity index (χ3v) is 3.11. The zero-order valence-electron chi connectivity index (χ0n) is 13.1. The summed E-state index contributed by atoms with van der Waals surface area (Å²) in [7, 11) is 0. The summed E-state index contributed by atoms with van der Waals surface area (Å²) in [4.78, 5) is 15.0. The lowest BCUT2D eigenvalue weighted by molar-refractivity contribution is 0.203. The lowest BCUT2D eigenvalue weighted by atomic mass is 10.4. The van der Waals surface area contributed by atoms with Gasteiger partial charge in [0, 0.05) is 13.1 Å². The van der Waals surface area contributed by atoms with E-state index < -0.39 is 0 Å². The van der Waals surface area contributed by atoms with E-state index in [0.29, 0.717) is 24.6 Å². The number of hydrogen-bond acceptors (Lipinski definition) is 7. The van der Waals surface area contributed by atoms with Gasteiger partial charge in [0.1, 0.15) is 6.61 Å². The first-order chi connectivity index (χ1) is 10.2. The molecule has 1 aromatic rings. The molecule has 0 bridgehead atoms. The largest absolute Gasteiger partial charge is 0.462 e. The molecular formula is C14H25N5O2. The van der Waals surface area contributed by atoms with Crippen molar-refractivity contribution in [3.05, 3.63) is 0 Å². The lowest BCUT2D eigenvalue weighted by Gasteiger charge is -2.15. The predicted octanol–water partition coefficient (Wildman–Crippen LogP) is 1.57. The fraction of sp³-hybridized carbons (Fsp3) is 0.786. The van der Waals surface area contributed by atoms with Crippen LogP contribution in [0.15, 0.2) is 0 Å². The molecule has 0 amide bonds. The third kappa shape index (κ3) is 5.34. The Morgan fingerprint density at radius 2 is 1.86 bits per heavy atom. The highest BCUT2D eigenvalue weighted by Crippen LogP contribution is 2.14. The van der Waals surface area contributed by atoms with Crippen molar-refractivity contribution in [1.29, 1.82) is 0 Å². The Hall–Kier alpha value is -1.63. The van der Waals surface area contributed by atoms with Crippen LogP contribution in [0.5, 0.6) is 12.0 Å². The summed E-state index contributed by atoms with van der Waals surface area (Å²) >= 11 is 0. The molecule has 7 heteroatoms. The van der Waals surface area contributed by atoms with Crippen LogP contribution in [-0.4, -0.2) is 58.7 Å². The summed E-state index contributed by atoms with van der Waals surface area (Å²) in [6.07, 6.45) is 2.57. The summed E-state index contributed by atoms with van der Waals surface area (Å²) in [6, 6.07) is 0.614. The second-order valence-corrected chi connectivity index (χ2v) is 5.32. The smallest absolute Gasteiger partial charge is 0.324 e. The minimum absolute atomic E-state index is 0.0133. The van der Waals surface area contributed by atoms with Crippen molar-refractivity contribution >= 4 is 5.95 Å². The first kappa shape index (κ1) is 15.8. The van der Waals surface area contributed by atoms with Crippen LogP contribution < -0.4 is 14.8 Å². The maximum Gasteiger partial charge on any atom is 0.324 e. The quantitative estimate of drug-likeness (QED) is 0.780. The molecule has 2 rings (SSSR count). The molecule has 1 saturated heterocycles. The molecule has 1 aliphatic heterocycles. The van der Waals surface area contributed by atoms with Gasteiger partial charge in [-0.3, -0.25) is 4.90 Å². The summed E-state index contributed by atoms with van der Waals surface area (Å²) in [5.74, 6) is 0.485. The number of hydrogen-bond donors (Lipinski definition) is 1. The highest BCUT2D eigenvalue weighted by atomic mass is 16.5. The number of anilines is 1. The van der Waals surface area contributed by atoms with E-state index in [2.05, 4.69) is 25.2 Å². The zero-order chi connectivity index (χ0) is 15.1. The third-order valence-electron chi connectivity index (χ3n) is 3.11. The Balaban J connectivity index is 1.93. The van der Waals surface area contributed by atoms with E-state index >= 15 is 0 Å². The van der Waals surface area contributed by atoms with E-state index in [0.717, 1.165) is 26.2 Å². The normalized spacial score (nSPS) is 15.4. The van der Waals surface area contributed by atoms with Gasteiger partial charge in [-0.15, -0.1) is 4.98 Å². The van der Waals surface area contributed by atoms with Gasteiger partial charge < -0.3 is 14.8 Å². The second kappa shape index (κ2) is 7.97. The molecule has 2 heterocycles. The van der Waals surface area contributed by atoms with Crippen LogP contribution in [0.1, 0.15) is 33.6 Å². The van der Waals surface area contributed by atoms with Crippen LogP contribution in [0.3, 0.4) is 0 Å². The van der Waals surface area contributed by atoms with Crippen molar-refractivity contribution < 1.29 is 9.47 Å². The van der Waals surface area contributed by atoms with Crippen LogP contribution in [-0.2, 0) is 0 Å². The Morgan fingerprint density at radius 3 is 2.52 bits per heavy atom. The minimum Gasteiger partial charge on any atom is -0.462 e. The van der Waals surface area contributed by atoms with Crippen LogP contribution in [0, 0.1) is 0 Å². The van der Waals surface area contributed by atoms with Gasteiger partial charge in [-0.2, -0.15) is 9.97 Å². The molecule has 0 aromatic carbocycles.